The number of nitrogens with two attached hydrogens (primary N) is 1. The summed E-state index contributed by atoms with van der Waals surface area (Å²) in [6.45, 7) is 3.11. The number of nitrogens with one attached hydrogen (secondary N) is 1. The molecule has 14 heteroatoms. The summed E-state index contributed by atoms with van der Waals surface area (Å²) in [6, 6.07) is 7.91. The average molecular weight is 596 g/mol. The first-order chi connectivity index (χ1) is 20.4. The van der Waals surface area contributed by atoms with Gasteiger partial charge in [-0.15, -0.1) is 0 Å². The van der Waals surface area contributed by atoms with E-state index in [0.717, 1.165) is 18.3 Å². The van der Waals surface area contributed by atoms with E-state index >= 15 is 0 Å². The van der Waals surface area contributed by atoms with E-state index in [1.807, 2.05) is 6.92 Å². The minimum atomic E-state index is -4.57. The second kappa shape index (κ2) is 10.6. The number of nitrogen functional groups attached to an aromatic ring is 1. The van der Waals surface area contributed by atoms with Crippen LogP contribution < -0.4 is 11.1 Å². The van der Waals surface area contributed by atoms with Crippen molar-refractivity contribution in [2.75, 3.05) is 37.4 Å². The average Bonchev–Trinajstić information content (AvgIpc) is 3.36. The molecule has 0 radical (unpaired) electrons. The fourth-order valence-electron chi connectivity index (χ4n) is 5.56. The van der Waals surface area contributed by atoms with Gasteiger partial charge in [0.05, 0.1) is 30.3 Å². The molecule has 43 heavy (non-hydrogen) atoms. The van der Waals surface area contributed by atoms with Crippen LogP contribution in [-0.4, -0.2) is 73.6 Å². The molecule has 0 aliphatic carbocycles. The number of β-amino-alcohol motifs (C(OH)–C–C–N with tert-alkyl or cyclic N) is 1. The van der Waals surface area contributed by atoms with E-state index in [1.165, 1.54) is 12.1 Å². The summed E-state index contributed by atoms with van der Waals surface area (Å²) in [5, 5.41) is 13.1. The number of alkyl halides is 3. The number of pyridine rings is 1. The molecule has 4 aromatic rings. The summed E-state index contributed by atoms with van der Waals surface area (Å²) in [6.07, 6.45) is -0.687. The summed E-state index contributed by atoms with van der Waals surface area (Å²) < 4.78 is 46.2. The van der Waals surface area contributed by atoms with E-state index in [4.69, 9.17) is 15.5 Å². The Balaban J connectivity index is 1.28. The maximum atomic E-state index is 13.2. The van der Waals surface area contributed by atoms with Crippen LogP contribution in [0.2, 0.25) is 0 Å². The van der Waals surface area contributed by atoms with Gasteiger partial charge >= 0.3 is 6.18 Å². The molecular formula is C29H28F3N7O4. The van der Waals surface area contributed by atoms with Gasteiger partial charge in [0.1, 0.15) is 28.7 Å². The molecule has 0 bridgehead atoms. The van der Waals surface area contributed by atoms with E-state index in [-0.39, 0.29) is 35.6 Å². The highest BCUT2D eigenvalue weighted by molar-refractivity contribution is 6.04. The lowest BCUT2D eigenvalue weighted by Crippen LogP contribution is -2.57. The van der Waals surface area contributed by atoms with Crippen LogP contribution >= 0.6 is 0 Å². The Morgan fingerprint density at radius 2 is 1.86 bits per heavy atom. The lowest BCUT2D eigenvalue weighted by Gasteiger charge is -2.43. The lowest BCUT2D eigenvalue weighted by molar-refractivity contribution is -0.172. The number of aliphatic hydroxyl groups excluding tert-OH is 1. The van der Waals surface area contributed by atoms with E-state index in [2.05, 4.69) is 15.3 Å². The van der Waals surface area contributed by atoms with Gasteiger partial charge in [0, 0.05) is 48.7 Å². The predicted octanol–water partition coefficient (Wildman–Crippen LogP) is 3.36. The monoisotopic (exact) mass is 595 g/mol. The molecule has 2 fully saturated rings. The first-order valence-corrected chi connectivity index (χ1v) is 13.6. The molecule has 2 amide bonds. The zero-order valence-corrected chi connectivity index (χ0v) is 23.0. The van der Waals surface area contributed by atoms with Crippen molar-refractivity contribution in [3.63, 3.8) is 0 Å². The second-order valence-electron chi connectivity index (χ2n) is 11.2. The molecule has 2 aliphatic heterocycles. The van der Waals surface area contributed by atoms with Gasteiger partial charge in [0.25, 0.3) is 5.91 Å². The number of hydrogen-bond acceptors (Lipinski definition) is 8. The number of aliphatic hydroxyl groups is 1. The van der Waals surface area contributed by atoms with Crippen LogP contribution in [-0.2, 0) is 15.7 Å². The molecule has 4 N–H and O–H groups in total. The van der Waals surface area contributed by atoms with Crippen LogP contribution in [0.15, 0.2) is 55.0 Å². The molecule has 2 atom stereocenters. The third-order valence-corrected chi connectivity index (χ3v) is 7.80. The van der Waals surface area contributed by atoms with Gasteiger partial charge in [0.2, 0.25) is 5.91 Å². The maximum absolute atomic E-state index is 13.2. The number of halogens is 3. The standard InChI is InChI=1S/C29H28F3N7O4/c1-28(14-43-15-28)27(42)38-12-18(10-20(40)13-38)25-37-22(23-24(33)35-8-9-39(23)25)16-2-4-17(5-3-16)26(41)36-21-11-19(6-7-34-21)29(30,31)32/h2-9,11,18,20,40H,10,12-15H2,1H3,(H2,33,35)(H,34,36,41)/t18-,20+/m1/s1. The predicted molar refractivity (Wildman–Crippen MR) is 149 cm³/mol. The quantitative estimate of drug-likeness (QED) is 0.318. The van der Waals surface area contributed by atoms with Gasteiger partial charge in [0.15, 0.2) is 0 Å². The number of imidazole rings is 1. The number of benzene rings is 1. The molecule has 2 aliphatic rings. The van der Waals surface area contributed by atoms with Gasteiger partial charge in [-0.25, -0.2) is 15.0 Å². The number of aromatic nitrogens is 4. The van der Waals surface area contributed by atoms with Gasteiger partial charge in [-0.3, -0.25) is 14.0 Å². The number of rotatable bonds is 5. The molecule has 3 aromatic heterocycles. The molecule has 1 aromatic carbocycles. The minimum absolute atomic E-state index is 0.0704. The van der Waals surface area contributed by atoms with E-state index in [1.54, 1.807) is 33.8 Å². The molecule has 11 nitrogen and oxygen atoms in total. The fraction of sp³-hybridized carbons (Fsp3) is 0.345. The minimum Gasteiger partial charge on any atom is -0.391 e. The Kier molecular flexibility index (Phi) is 7.05. The first-order valence-electron chi connectivity index (χ1n) is 13.6. The zero-order chi connectivity index (χ0) is 30.5. The fourth-order valence-corrected chi connectivity index (χ4v) is 5.56. The van der Waals surface area contributed by atoms with Crippen molar-refractivity contribution in [2.24, 2.45) is 5.41 Å². The smallest absolute Gasteiger partial charge is 0.391 e. The summed E-state index contributed by atoms with van der Waals surface area (Å²) >= 11 is 0. The largest absolute Gasteiger partial charge is 0.416 e. The van der Waals surface area contributed by atoms with E-state index in [9.17, 15) is 27.9 Å². The molecule has 0 spiro atoms. The van der Waals surface area contributed by atoms with Gasteiger partial charge < -0.3 is 25.8 Å². The van der Waals surface area contributed by atoms with Crippen molar-refractivity contribution in [3.05, 3.63) is 71.9 Å². The third-order valence-electron chi connectivity index (χ3n) is 7.80. The third kappa shape index (κ3) is 5.39. The van der Waals surface area contributed by atoms with Gasteiger partial charge in [-0.2, -0.15) is 13.2 Å². The number of ether oxygens (including phenoxy) is 1. The summed E-state index contributed by atoms with van der Waals surface area (Å²) in [5.41, 5.74) is 6.56. The Labute approximate surface area is 243 Å². The number of amides is 2. The SMILES string of the molecule is CC1(C(=O)N2C[C@@H](O)C[C@@H](c3nc(-c4ccc(C(=O)Nc5cc(C(F)(F)F)ccn5)cc4)c4c(N)nccn34)C2)COC1. The molecule has 0 unspecified atom stereocenters. The van der Waals surface area contributed by atoms with Crippen LogP contribution in [0.1, 0.15) is 41.0 Å². The van der Waals surface area contributed by atoms with Crippen LogP contribution in [0.5, 0.6) is 0 Å². The van der Waals surface area contributed by atoms with Crippen molar-refractivity contribution in [1.29, 1.82) is 0 Å². The Bertz CT molecular complexity index is 1700. The molecule has 6 rings (SSSR count). The summed E-state index contributed by atoms with van der Waals surface area (Å²) in [5.74, 6) is -0.417. The normalized spacial score (nSPS) is 20.1. The van der Waals surface area contributed by atoms with Crippen LogP contribution in [0.3, 0.4) is 0 Å². The molecule has 0 saturated carbocycles. The van der Waals surface area contributed by atoms with Crippen molar-refractivity contribution >= 4 is 29.0 Å². The summed E-state index contributed by atoms with van der Waals surface area (Å²) in [7, 11) is 0. The number of piperidine rings is 1. The molecular weight excluding hydrogens is 567 g/mol. The molecule has 2 saturated heterocycles. The number of hydrogen-bond donors (Lipinski definition) is 3. The lowest BCUT2D eigenvalue weighted by atomic mass is 9.85. The highest BCUT2D eigenvalue weighted by atomic mass is 19.4. The summed E-state index contributed by atoms with van der Waals surface area (Å²) in [4.78, 5) is 40.6. The molecule has 224 valence electrons. The Morgan fingerprint density at radius 1 is 1.12 bits per heavy atom. The number of carbonyl (C=O) groups is 2. The van der Waals surface area contributed by atoms with Crippen LogP contribution in [0.25, 0.3) is 16.8 Å². The Hall–Kier alpha value is -4.56. The highest BCUT2D eigenvalue weighted by Crippen LogP contribution is 2.37. The van der Waals surface area contributed by atoms with Crippen molar-refractivity contribution in [1.82, 2.24) is 24.3 Å². The molecule has 5 heterocycles. The first kappa shape index (κ1) is 28.6. The van der Waals surface area contributed by atoms with Gasteiger partial charge in [-0.05, 0) is 37.6 Å². The van der Waals surface area contributed by atoms with Crippen molar-refractivity contribution < 1.29 is 32.6 Å². The van der Waals surface area contributed by atoms with Crippen molar-refractivity contribution in [2.45, 2.75) is 31.5 Å². The van der Waals surface area contributed by atoms with Gasteiger partial charge in [-0.1, -0.05) is 12.1 Å². The van der Waals surface area contributed by atoms with E-state index in [0.29, 0.717) is 48.8 Å². The number of fused-ring (bicyclic) bond motifs is 1. The highest BCUT2D eigenvalue weighted by Gasteiger charge is 2.46. The maximum Gasteiger partial charge on any atom is 0.416 e. The Morgan fingerprint density at radius 3 is 2.53 bits per heavy atom. The van der Waals surface area contributed by atoms with Crippen LogP contribution in [0.4, 0.5) is 24.8 Å². The number of carbonyl (C=O) groups excluding carboxylic acids is 2. The number of nitrogens with zero attached hydrogens (tertiary/aromatic N) is 5. The van der Waals surface area contributed by atoms with E-state index < -0.39 is 29.2 Å². The van der Waals surface area contributed by atoms with Crippen LogP contribution in [0, 0.1) is 5.41 Å². The zero-order valence-electron chi connectivity index (χ0n) is 23.0. The second-order valence-corrected chi connectivity index (χ2v) is 11.2. The topological polar surface area (TPSA) is 148 Å². The number of likely N-dealkylation sites (tertiary alicyclic amines) is 1. The number of anilines is 2. The van der Waals surface area contributed by atoms with Crippen molar-refractivity contribution in [3.8, 4) is 11.3 Å².